The van der Waals surface area contributed by atoms with E-state index in [0.29, 0.717) is 11.0 Å². The third-order valence-electron chi connectivity index (χ3n) is 3.40. The fraction of sp³-hybridized carbons (Fsp3) is 0.133. The normalized spacial score (nSPS) is 12.0. The number of carbonyl (C=O) groups excluding carboxylic acids is 1. The van der Waals surface area contributed by atoms with E-state index >= 15 is 0 Å². The van der Waals surface area contributed by atoms with Gasteiger partial charge in [0.25, 0.3) is 5.91 Å². The maximum Gasteiger partial charge on any atom is 0.280 e. The molecule has 3 rings (SSSR count). The van der Waals surface area contributed by atoms with Crippen LogP contribution in [0.1, 0.15) is 10.4 Å². The van der Waals surface area contributed by atoms with Crippen LogP contribution in [-0.2, 0) is 10.0 Å². The Labute approximate surface area is 133 Å². The molecule has 0 spiro atoms. The van der Waals surface area contributed by atoms with Crippen molar-refractivity contribution in [3.05, 3.63) is 54.1 Å². The smallest absolute Gasteiger partial charge is 0.267 e. The van der Waals surface area contributed by atoms with Crippen LogP contribution >= 0.6 is 0 Å². The zero-order valence-corrected chi connectivity index (χ0v) is 13.4. The number of para-hydroxylation sites is 1. The monoisotopic (exact) mass is 330 g/mol. The van der Waals surface area contributed by atoms with Crippen molar-refractivity contribution in [1.82, 2.24) is 19.3 Å². The molecule has 1 heterocycles. The molecule has 0 aliphatic rings. The summed E-state index contributed by atoms with van der Waals surface area (Å²) in [6.07, 6.45) is 0. The van der Waals surface area contributed by atoms with Gasteiger partial charge in [0.1, 0.15) is 5.52 Å². The SMILES string of the molecule is CN(C)S(=O)(=O)c1cccc(C(=O)n2nnc3ccccc32)c1. The van der Waals surface area contributed by atoms with Crippen molar-refractivity contribution in [3.63, 3.8) is 0 Å². The van der Waals surface area contributed by atoms with E-state index in [1.165, 1.54) is 32.3 Å². The minimum absolute atomic E-state index is 0.0535. The Morgan fingerprint density at radius 2 is 1.83 bits per heavy atom. The minimum atomic E-state index is -3.61. The van der Waals surface area contributed by atoms with Crippen LogP contribution in [-0.4, -0.2) is 47.7 Å². The highest BCUT2D eigenvalue weighted by Crippen LogP contribution is 2.17. The number of hydrogen-bond donors (Lipinski definition) is 0. The third kappa shape index (κ3) is 2.62. The molecule has 0 saturated carbocycles. The average Bonchev–Trinajstić information content (AvgIpc) is 2.98. The molecule has 2 aromatic carbocycles. The molecule has 118 valence electrons. The average molecular weight is 330 g/mol. The van der Waals surface area contributed by atoms with Crippen molar-refractivity contribution in [2.24, 2.45) is 0 Å². The van der Waals surface area contributed by atoms with E-state index in [1.807, 2.05) is 0 Å². The number of rotatable bonds is 3. The van der Waals surface area contributed by atoms with Gasteiger partial charge in [-0.1, -0.05) is 23.4 Å². The van der Waals surface area contributed by atoms with Gasteiger partial charge in [-0.05, 0) is 30.3 Å². The lowest BCUT2D eigenvalue weighted by molar-refractivity contribution is 0.0948. The minimum Gasteiger partial charge on any atom is -0.267 e. The summed E-state index contributed by atoms with van der Waals surface area (Å²) in [4.78, 5) is 12.7. The van der Waals surface area contributed by atoms with Crippen molar-refractivity contribution in [2.45, 2.75) is 4.90 Å². The molecule has 0 unspecified atom stereocenters. The molecule has 0 aliphatic heterocycles. The molecule has 23 heavy (non-hydrogen) atoms. The van der Waals surface area contributed by atoms with Gasteiger partial charge in [0.2, 0.25) is 10.0 Å². The van der Waals surface area contributed by atoms with Crippen molar-refractivity contribution < 1.29 is 13.2 Å². The van der Waals surface area contributed by atoms with Crippen LogP contribution in [0.5, 0.6) is 0 Å². The molecule has 0 saturated heterocycles. The van der Waals surface area contributed by atoms with Crippen LogP contribution in [0.25, 0.3) is 11.0 Å². The van der Waals surface area contributed by atoms with E-state index in [1.54, 1.807) is 30.3 Å². The lowest BCUT2D eigenvalue weighted by Crippen LogP contribution is -2.23. The quantitative estimate of drug-likeness (QED) is 0.724. The number of carbonyl (C=O) groups is 1. The van der Waals surface area contributed by atoms with Crippen molar-refractivity contribution in [2.75, 3.05) is 14.1 Å². The second-order valence-electron chi connectivity index (χ2n) is 5.11. The highest BCUT2D eigenvalue weighted by molar-refractivity contribution is 7.89. The van der Waals surface area contributed by atoms with Gasteiger partial charge in [-0.2, -0.15) is 4.68 Å². The van der Waals surface area contributed by atoms with Crippen LogP contribution in [0.3, 0.4) is 0 Å². The maximum atomic E-state index is 12.6. The second-order valence-corrected chi connectivity index (χ2v) is 7.26. The molecule has 0 aliphatic carbocycles. The fourth-order valence-corrected chi connectivity index (χ4v) is 3.09. The van der Waals surface area contributed by atoms with Crippen molar-refractivity contribution in [3.8, 4) is 0 Å². The Morgan fingerprint density at radius 3 is 2.57 bits per heavy atom. The van der Waals surface area contributed by atoms with Gasteiger partial charge in [0.15, 0.2) is 0 Å². The maximum absolute atomic E-state index is 12.6. The molecule has 0 N–H and O–H groups in total. The zero-order chi connectivity index (χ0) is 16.6. The van der Waals surface area contributed by atoms with Gasteiger partial charge in [-0.3, -0.25) is 4.79 Å². The summed E-state index contributed by atoms with van der Waals surface area (Å²) >= 11 is 0. The molecular formula is C15H14N4O3S. The Morgan fingerprint density at radius 1 is 1.09 bits per heavy atom. The Balaban J connectivity index is 2.07. The molecule has 0 atom stereocenters. The summed E-state index contributed by atoms with van der Waals surface area (Å²) in [5, 5.41) is 7.79. The number of benzene rings is 2. The molecule has 0 radical (unpaired) electrons. The van der Waals surface area contributed by atoms with E-state index in [0.717, 1.165) is 8.99 Å². The Hall–Kier alpha value is -2.58. The predicted molar refractivity (Wildman–Crippen MR) is 84.6 cm³/mol. The number of aromatic nitrogens is 3. The van der Waals surface area contributed by atoms with Gasteiger partial charge < -0.3 is 0 Å². The van der Waals surface area contributed by atoms with Gasteiger partial charge >= 0.3 is 0 Å². The second kappa shape index (κ2) is 5.56. The first-order chi connectivity index (χ1) is 10.9. The topological polar surface area (TPSA) is 85.2 Å². The van der Waals surface area contributed by atoms with Gasteiger partial charge in [0, 0.05) is 19.7 Å². The molecule has 0 amide bonds. The van der Waals surface area contributed by atoms with E-state index in [4.69, 9.17) is 0 Å². The van der Waals surface area contributed by atoms with E-state index in [2.05, 4.69) is 10.3 Å². The molecule has 1 aromatic heterocycles. The molecular weight excluding hydrogens is 316 g/mol. The predicted octanol–water partition coefficient (Wildman–Crippen LogP) is 1.37. The summed E-state index contributed by atoms with van der Waals surface area (Å²) in [6.45, 7) is 0. The van der Waals surface area contributed by atoms with Crippen molar-refractivity contribution in [1.29, 1.82) is 0 Å². The van der Waals surface area contributed by atoms with E-state index in [-0.39, 0.29) is 10.5 Å². The highest BCUT2D eigenvalue weighted by atomic mass is 32.2. The van der Waals surface area contributed by atoms with Crippen LogP contribution in [0.2, 0.25) is 0 Å². The molecule has 7 nitrogen and oxygen atoms in total. The fourth-order valence-electron chi connectivity index (χ4n) is 2.14. The van der Waals surface area contributed by atoms with Crippen LogP contribution in [0.4, 0.5) is 0 Å². The zero-order valence-electron chi connectivity index (χ0n) is 12.5. The Bertz CT molecular complexity index is 993. The number of fused-ring (bicyclic) bond motifs is 1. The third-order valence-corrected chi connectivity index (χ3v) is 5.21. The molecule has 0 fully saturated rings. The van der Waals surface area contributed by atoms with Crippen LogP contribution in [0.15, 0.2) is 53.4 Å². The first-order valence-corrected chi connectivity index (χ1v) is 8.23. The number of sulfonamides is 1. The van der Waals surface area contributed by atoms with Gasteiger partial charge in [-0.25, -0.2) is 12.7 Å². The number of hydrogen-bond acceptors (Lipinski definition) is 5. The summed E-state index contributed by atoms with van der Waals surface area (Å²) in [5.74, 6) is -0.436. The number of nitrogens with zero attached hydrogens (tertiary/aromatic N) is 4. The van der Waals surface area contributed by atoms with Gasteiger partial charge in [-0.15, -0.1) is 5.10 Å². The lowest BCUT2D eigenvalue weighted by atomic mass is 10.2. The standard InChI is InChI=1S/C15H14N4O3S/c1-18(2)23(21,22)12-7-5-6-11(10-12)15(20)19-14-9-4-3-8-13(14)16-17-19/h3-10H,1-2H3. The first kappa shape index (κ1) is 15.3. The van der Waals surface area contributed by atoms with E-state index < -0.39 is 15.9 Å². The Kier molecular flexibility index (Phi) is 3.70. The van der Waals surface area contributed by atoms with Crippen LogP contribution < -0.4 is 0 Å². The van der Waals surface area contributed by atoms with Crippen LogP contribution in [0, 0.1) is 0 Å². The first-order valence-electron chi connectivity index (χ1n) is 6.79. The lowest BCUT2D eigenvalue weighted by Gasteiger charge is -2.12. The largest absolute Gasteiger partial charge is 0.280 e. The van der Waals surface area contributed by atoms with E-state index in [9.17, 15) is 13.2 Å². The highest BCUT2D eigenvalue weighted by Gasteiger charge is 2.20. The summed E-state index contributed by atoms with van der Waals surface area (Å²) in [6, 6.07) is 12.9. The molecule has 3 aromatic rings. The van der Waals surface area contributed by atoms with Crippen molar-refractivity contribution >= 4 is 27.0 Å². The summed E-state index contributed by atoms with van der Waals surface area (Å²) in [5.41, 5.74) is 1.39. The summed E-state index contributed by atoms with van der Waals surface area (Å²) in [7, 11) is -0.730. The molecule has 0 bridgehead atoms. The summed E-state index contributed by atoms with van der Waals surface area (Å²) < 4.78 is 26.6. The van der Waals surface area contributed by atoms with Gasteiger partial charge in [0.05, 0.1) is 10.4 Å². The molecule has 8 heteroatoms.